The van der Waals surface area contributed by atoms with Crippen LogP contribution in [0, 0.1) is 5.41 Å². The molecule has 0 heterocycles. The number of amides is 1. The minimum absolute atomic E-state index is 0.123. The van der Waals surface area contributed by atoms with Crippen molar-refractivity contribution < 1.29 is 17.9 Å². The fourth-order valence-corrected chi connectivity index (χ4v) is 2.73. The molecule has 2 unspecified atom stereocenters. The van der Waals surface area contributed by atoms with Crippen LogP contribution in [0.15, 0.2) is 0 Å². The third-order valence-electron chi connectivity index (χ3n) is 3.86. The van der Waals surface area contributed by atoms with Crippen molar-refractivity contribution in [1.29, 1.82) is 0 Å². The number of nitrogens with one attached hydrogen (secondary N) is 1. The highest BCUT2D eigenvalue weighted by Crippen LogP contribution is 2.49. The molecule has 18 heavy (non-hydrogen) atoms. The van der Waals surface area contributed by atoms with Crippen LogP contribution in [0.2, 0.25) is 0 Å². The molecule has 0 saturated heterocycles. The van der Waals surface area contributed by atoms with Crippen molar-refractivity contribution in [2.75, 3.05) is 12.4 Å². The fraction of sp³-hybridized carbons (Fsp3) is 0.909. The van der Waals surface area contributed by atoms with Crippen LogP contribution in [0.4, 0.5) is 0 Å². The highest BCUT2D eigenvalue weighted by atomic mass is 32.2. The molecular weight excluding hydrogens is 256 g/mol. The molecule has 1 fully saturated rings. The van der Waals surface area contributed by atoms with Crippen LogP contribution in [0.5, 0.6) is 0 Å². The molecule has 1 saturated carbocycles. The van der Waals surface area contributed by atoms with Crippen molar-refractivity contribution in [3.05, 3.63) is 0 Å². The molecule has 7 heteroatoms. The highest BCUT2D eigenvalue weighted by Gasteiger charge is 2.63. The predicted octanol–water partition coefficient (Wildman–Crippen LogP) is -0.0152. The van der Waals surface area contributed by atoms with Crippen molar-refractivity contribution >= 4 is 15.9 Å². The standard InChI is InChI=1S/C11H22N2O4S/c1-5-17-8-7-11(12,10(8,3)4)9(14)13-18(15,16)6-2/h8H,5-7,12H2,1-4H3,(H,13,14). The Balaban J connectivity index is 2.82. The second-order valence-electron chi connectivity index (χ2n) is 5.18. The monoisotopic (exact) mass is 278 g/mol. The molecule has 0 bridgehead atoms. The summed E-state index contributed by atoms with van der Waals surface area (Å²) >= 11 is 0. The largest absolute Gasteiger partial charge is 0.378 e. The minimum atomic E-state index is -3.58. The predicted molar refractivity (Wildman–Crippen MR) is 68.3 cm³/mol. The Morgan fingerprint density at radius 2 is 2.00 bits per heavy atom. The van der Waals surface area contributed by atoms with E-state index < -0.39 is 26.9 Å². The van der Waals surface area contributed by atoms with Crippen LogP contribution in [0.1, 0.15) is 34.1 Å². The van der Waals surface area contributed by atoms with Gasteiger partial charge in [0.05, 0.1) is 11.9 Å². The van der Waals surface area contributed by atoms with Gasteiger partial charge in [-0.3, -0.25) is 9.52 Å². The molecule has 0 radical (unpaired) electrons. The smallest absolute Gasteiger partial charge is 0.254 e. The molecule has 1 amide bonds. The van der Waals surface area contributed by atoms with Gasteiger partial charge >= 0.3 is 0 Å². The lowest BCUT2D eigenvalue weighted by atomic mass is 9.54. The van der Waals surface area contributed by atoms with Gasteiger partial charge in [0.15, 0.2) is 0 Å². The summed E-state index contributed by atoms with van der Waals surface area (Å²) in [6.07, 6.45) is 0.210. The number of sulfonamides is 1. The van der Waals surface area contributed by atoms with Gasteiger partial charge in [-0.05, 0) is 13.8 Å². The van der Waals surface area contributed by atoms with Crippen molar-refractivity contribution in [2.24, 2.45) is 11.1 Å². The molecule has 0 aromatic rings. The van der Waals surface area contributed by atoms with Gasteiger partial charge in [-0.1, -0.05) is 13.8 Å². The Hall–Kier alpha value is -0.660. The number of nitrogens with two attached hydrogens (primary N) is 1. The molecule has 0 spiro atoms. The quantitative estimate of drug-likeness (QED) is 0.736. The van der Waals surface area contributed by atoms with E-state index in [0.29, 0.717) is 13.0 Å². The Bertz CT molecular complexity index is 432. The number of hydrogen-bond donors (Lipinski definition) is 2. The number of carbonyl (C=O) groups is 1. The first-order chi connectivity index (χ1) is 8.10. The maximum Gasteiger partial charge on any atom is 0.254 e. The Kier molecular flexibility index (Phi) is 4.10. The summed E-state index contributed by atoms with van der Waals surface area (Å²) in [7, 11) is -3.58. The Morgan fingerprint density at radius 1 is 1.44 bits per heavy atom. The molecule has 0 aliphatic heterocycles. The van der Waals surface area contributed by atoms with Crippen LogP contribution in [0.3, 0.4) is 0 Å². The first-order valence-electron chi connectivity index (χ1n) is 6.06. The molecule has 1 aliphatic carbocycles. The second kappa shape index (κ2) is 4.79. The lowest BCUT2D eigenvalue weighted by molar-refractivity contribution is -0.169. The zero-order chi connectivity index (χ0) is 14.2. The average molecular weight is 278 g/mol. The van der Waals surface area contributed by atoms with Crippen molar-refractivity contribution in [2.45, 2.75) is 45.8 Å². The normalized spacial score (nSPS) is 30.6. The molecule has 0 aromatic heterocycles. The van der Waals surface area contributed by atoms with Crippen molar-refractivity contribution in [3.8, 4) is 0 Å². The van der Waals surface area contributed by atoms with Gasteiger partial charge in [0.1, 0.15) is 5.54 Å². The van der Waals surface area contributed by atoms with Crippen LogP contribution >= 0.6 is 0 Å². The first kappa shape index (κ1) is 15.4. The fourth-order valence-electron chi connectivity index (χ4n) is 2.13. The number of ether oxygens (including phenoxy) is 1. The molecule has 0 aromatic carbocycles. The van der Waals surface area contributed by atoms with E-state index in [0.717, 1.165) is 0 Å². The Labute approximate surface area is 108 Å². The minimum Gasteiger partial charge on any atom is -0.378 e. The van der Waals surface area contributed by atoms with Gasteiger partial charge in [0, 0.05) is 18.4 Å². The molecule has 1 aliphatic rings. The number of rotatable bonds is 5. The molecule has 2 atom stereocenters. The Morgan fingerprint density at radius 3 is 2.39 bits per heavy atom. The second-order valence-corrected chi connectivity index (χ2v) is 7.19. The average Bonchev–Trinajstić information content (AvgIpc) is 2.27. The summed E-state index contributed by atoms with van der Waals surface area (Å²) in [4.78, 5) is 12.0. The lowest BCUT2D eigenvalue weighted by Crippen LogP contribution is -2.76. The summed E-state index contributed by atoms with van der Waals surface area (Å²) in [5.74, 6) is -0.797. The van der Waals surface area contributed by atoms with Crippen molar-refractivity contribution in [3.63, 3.8) is 0 Å². The maximum absolute atomic E-state index is 12.0. The highest BCUT2D eigenvalue weighted by molar-refractivity contribution is 7.90. The lowest BCUT2D eigenvalue weighted by Gasteiger charge is -2.57. The zero-order valence-electron chi connectivity index (χ0n) is 11.3. The van der Waals surface area contributed by atoms with Crippen LogP contribution < -0.4 is 10.5 Å². The van der Waals surface area contributed by atoms with Crippen molar-refractivity contribution in [1.82, 2.24) is 4.72 Å². The van der Waals surface area contributed by atoms with Crippen LogP contribution in [-0.4, -0.2) is 38.3 Å². The maximum atomic E-state index is 12.0. The number of hydrogen-bond acceptors (Lipinski definition) is 5. The summed E-state index contributed by atoms with van der Waals surface area (Å²) in [5.41, 5.74) is 4.26. The van der Waals surface area contributed by atoms with Crippen LogP contribution in [-0.2, 0) is 19.6 Å². The van der Waals surface area contributed by atoms with Gasteiger partial charge in [0.2, 0.25) is 10.0 Å². The SMILES string of the molecule is CCOC1CC(N)(C(=O)NS(=O)(=O)CC)C1(C)C. The van der Waals surface area contributed by atoms with E-state index in [1.54, 1.807) is 0 Å². The van der Waals surface area contributed by atoms with E-state index in [-0.39, 0.29) is 11.9 Å². The third-order valence-corrected chi connectivity index (χ3v) is 5.12. The van der Waals surface area contributed by atoms with Gasteiger partial charge < -0.3 is 10.5 Å². The van der Waals surface area contributed by atoms with E-state index in [4.69, 9.17) is 10.5 Å². The van der Waals surface area contributed by atoms with E-state index in [9.17, 15) is 13.2 Å². The van der Waals surface area contributed by atoms with Gasteiger partial charge in [-0.25, -0.2) is 8.42 Å². The number of carbonyl (C=O) groups excluding carboxylic acids is 1. The molecule has 6 nitrogen and oxygen atoms in total. The summed E-state index contributed by atoms with van der Waals surface area (Å²) < 4.78 is 30.3. The van der Waals surface area contributed by atoms with E-state index >= 15 is 0 Å². The van der Waals surface area contributed by atoms with E-state index in [2.05, 4.69) is 0 Å². The van der Waals surface area contributed by atoms with E-state index in [1.165, 1.54) is 6.92 Å². The molecular formula is C11H22N2O4S. The molecule has 106 valence electrons. The molecule has 3 N–H and O–H groups in total. The topological polar surface area (TPSA) is 98.5 Å². The van der Waals surface area contributed by atoms with Gasteiger partial charge in [0.25, 0.3) is 5.91 Å². The molecule has 1 rings (SSSR count). The zero-order valence-corrected chi connectivity index (χ0v) is 12.1. The van der Waals surface area contributed by atoms with E-state index in [1.807, 2.05) is 25.5 Å². The van der Waals surface area contributed by atoms with Gasteiger partial charge in [-0.15, -0.1) is 0 Å². The summed E-state index contributed by atoms with van der Waals surface area (Å²) in [6, 6.07) is 0. The third kappa shape index (κ3) is 2.39. The van der Waals surface area contributed by atoms with Crippen LogP contribution in [0.25, 0.3) is 0 Å². The summed E-state index contributed by atoms with van der Waals surface area (Å²) in [6.45, 7) is 7.50. The first-order valence-corrected chi connectivity index (χ1v) is 7.71. The van der Waals surface area contributed by atoms with Gasteiger partial charge in [-0.2, -0.15) is 0 Å². The summed E-state index contributed by atoms with van der Waals surface area (Å²) in [5, 5.41) is 0.